The van der Waals surface area contributed by atoms with Crippen molar-refractivity contribution in [2.75, 3.05) is 78.5 Å². The summed E-state index contributed by atoms with van der Waals surface area (Å²) >= 11 is 0. The van der Waals surface area contributed by atoms with Crippen molar-refractivity contribution >= 4 is 94.5 Å². The summed E-state index contributed by atoms with van der Waals surface area (Å²) in [5.41, 5.74) is 21.1. The summed E-state index contributed by atoms with van der Waals surface area (Å²) < 4.78 is 0. The van der Waals surface area contributed by atoms with Crippen LogP contribution >= 0.6 is 0 Å². The van der Waals surface area contributed by atoms with E-state index >= 15 is 0 Å². The molecule has 0 aromatic rings. The number of nitrogens with two attached hydrogens (primary N) is 4. The van der Waals surface area contributed by atoms with Crippen LogP contribution in [0.5, 0.6) is 0 Å². The minimum Gasteiger partial charge on any atom is -0.369 e. The number of nitrogens with one attached hydrogen (secondary N) is 10. The standard InChI is InChI=1S/2C31H56N8O8/c2*1-21(29(32)45)11-5-8-16-35-26(42)19-39(20-27(43)36-17-9-6-12-22(2)30(33)46)28(44)14-18-37-31(47)25(38-24(4)41)13-7-10-15-34-23(3)40/h2*21-22,25H,5-20H2,1-4H3,(H2,32,45)(H2,33,46)(H,34,40)(H,35,42)(H,36,43)(H,37,47)(H,38,41)/t2*21-,22-,25-/m00/s1. The summed E-state index contributed by atoms with van der Waals surface area (Å²) in [4.78, 5) is 194. The first-order valence-electron chi connectivity index (χ1n) is 32.7. The van der Waals surface area contributed by atoms with E-state index in [2.05, 4.69) is 53.2 Å². The van der Waals surface area contributed by atoms with Crippen molar-refractivity contribution in [3.8, 4) is 0 Å². The zero-order chi connectivity index (χ0) is 71.6. The summed E-state index contributed by atoms with van der Waals surface area (Å²) in [7, 11) is 0. The number of hydrogen-bond acceptors (Lipinski definition) is 16. The highest BCUT2D eigenvalue weighted by atomic mass is 16.2. The summed E-state index contributed by atoms with van der Waals surface area (Å²) in [5, 5.41) is 26.6. The van der Waals surface area contributed by atoms with E-state index in [0.29, 0.717) is 155 Å². The summed E-state index contributed by atoms with van der Waals surface area (Å²) in [6.45, 7) is 12.8. The van der Waals surface area contributed by atoms with E-state index in [-0.39, 0.29) is 111 Å². The molecule has 0 aliphatic carbocycles. The Hall–Kier alpha value is -8.48. The van der Waals surface area contributed by atoms with Crippen LogP contribution in [-0.2, 0) is 76.7 Å². The molecule has 0 aliphatic heterocycles. The summed E-state index contributed by atoms with van der Waals surface area (Å²) in [5.74, 6) is -7.64. The number of carbonyl (C=O) groups is 16. The highest BCUT2D eigenvalue weighted by Gasteiger charge is 2.25. The molecule has 32 heteroatoms. The number of unbranched alkanes of at least 4 members (excludes halogenated alkanes) is 6. The maximum absolute atomic E-state index is 13.1. The first-order valence-corrected chi connectivity index (χ1v) is 32.7. The lowest BCUT2D eigenvalue weighted by Crippen LogP contribution is -2.48. The number of carbonyl (C=O) groups excluding carboxylic acids is 16. The topological polar surface area (TPSA) is 504 Å². The van der Waals surface area contributed by atoms with Gasteiger partial charge in [0.2, 0.25) is 94.5 Å². The molecule has 18 N–H and O–H groups in total. The molecular weight excluding hydrogens is 1220 g/mol. The maximum atomic E-state index is 13.1. The normalized spacial score (nSPS) is 12.5. The molecule has 0 fully saturated rings. The third kappa shape index (κ3) is 49.2. The number of nitrogens with zero attached hydrogens (tertiary/aromatic N) is 2. The average Bonchev–Trinajstić information content (AvgIpc) is 1.11. The second-order valence-corrected chi connectivity index (χ2v) is 23.6. The van der Waals surface area contributed by atoms with Crippen LogP contribution in [0.3, 0.4) is 0 Å². The lowest BCUT2D eigenvalue weighted by molar-refractivity contribution is -0.139. The Morgan fingerprint density at radius 3 is 0.723 bits per heavy atom. The number of primary amides is 4. The number of rotatable bonds is 52. The van der Waals surface area contributed by atoms with Crippen LogP contribution in [0.2, 0.25) is 0 Å². The monoisotopic (exact) mass is 1340 g/mol. The van der Waals surface area contributed by atoms with Gasteiger partial charge in [-0.3, -0.25) is 76.7 Å². The van der Waals surface area contributed by atoms with Gasteiger partial charge in [0, 0.05) is 117 Å². The van der Waals surface area contributed by atoms with Crippen molar-refractivity contribution in [2.24, 2.45) is 46.6 Å². The van der Waals surface area contributed by atoms with Gasteiger partial charge in [-0.1, -0.05) is 53.4 Å². The van der Waals surface area contributed by atoms with E-state index in [0.717, 1.165) is 9.80 Å². The second-order valence-electron chi connectivity index (χ2n) is 23.6. The van der Waals surface area contributed by atoms with Crippen molar-refractivity contribution in [3.63, 3.8) is 0 Å². The largest absolute Gasteiger partial charge is 0.369 e. The van der Waals surface area contributed by atoms with E-state index in [9.17, 15) is 76.7 Å². The molecule has 32 nitrogen and oxygen atoms in total. The molecule has 0 spiro atoms. The van der Waals surface area contributed by atoms with Gasteiger partial charge in [0.25, 0.3) is 0 Å². The van der Waals surface area contributed by atoms with Crippen LogP contribution < -0.4 is 76.1 Å². The third-order valence-electron chi connectivity index (χ3n) is 14.8. The molecule has 0 bridgehead atoms. The third-order valence-corrected chi connectivity index (χ3v) is 14.8. The molecule has 0 saturated carbocycles. The van der Waals surface area contributed by atoms with E-state index in [1.54, 1.807) is 27.7 Å². The van der Waals surface area contributed by atoms with Crippen LogP contribution in [0, 0.1) is 23.7 Å². The van der Waals surface area contributed by atoms with Gasteiger partial charge in [-0.05, 0) is 89.9 Å². The van der Waals surface area contributed by atoms with E-state index in [1.807, 2.05) is 0 Å². The predicted molar refractivity (Wildman–Crippen MR) is 350 cm³/mol. The zero-order valence-electron chi connectivity index (χ0n) is 56.8. The minimum absolute atomic E-state index is 0.0878. The van der Waals surface area contributed by atoms with E-state index in [4.69, 9.17) is 22.9 Å². The van der Waals surface area contributed by atoms with Crippen LogP contribution in [-0.4, -0.2) is 195 Å². The summed E-state index contributed by atoms with van der Waals surface area (Å²) in [6, 6.07) is -1.66. The molecule has 94 heavy (non-hydrogen) atoms. The Kier molecular flexibility index (Phi) is 49.3. The highest BCUT2D eigenvalue weighted by molar-refractivity contribution is 5.92. The van der Waals surface area contributed by atoms with Crippen LogP contribution in [0.1, 0.15) is 184 Å². The average molecular weight is 1340 g/mol. The molecule has 0 saturated heterocycles. The lowest BCUT2D eigenvalue weighted by atomic mass is 10.0. The van der Waals surface area contributed by atoms with E-state index < -0.39 is 71.2 Å². The van der Waals surface area contributed by atoms with Crippen LogP contribution in [0.4, 0.5) is 0 Å². The Balaban J connectivity index is 0. The van der Waals surface area contributed by atoms with Gasteiger partial charge in [0.05, 0.1) is 0 Å². The number of amides is 16. The molecule has 0 aromatic heterocycles. The fraction of sp³-hybridized carbons (Fsp3) is 0.742. The molecule has 0 radical (unpaired) electrons. The SMILES string of the molecule is CC(=O)NCCCC[C@H](NC(C)=O)C(=O)NCCC(=O)N(CC(=O)NCCCC[C@H](C)C(N)=O)CC(=O)NCCCC[C@H](C)C(N)=O.CC(=O)NCCCC[C@H](NC(C)=O)C(=O)NCCC(=O)N(CC(=O)NCCCC[C@H](C)C(N)=O)CC(=O)NCCCC[C@H](C)C(N)=O. The lowest BCUT2D eigenvalue weighted by Gasteiger charge is -2.23. The number of hydrogen-bond donors (Lipinski definition) is 14. The fourth-order valence-electron chi connectivity index (χ4n) is 8.82. The van der Waals surface area contributed by atoms with Gasteiger partial charge in [-0.2, -0.15) is 0 Å². The quantitative estimate of drug-likeness (QED) is 0.0290. The van der Waals surface area contributed by atoms with Gasteiger partial charge in [0.1, 0.15) is 38.3 Å². The van der Waals surface area contributed by atoms with Gasteiger partial charge < -0.3 is 85.9 Å². The van der Waals surface area contributed by atoms with Crippen LogP contribution in [0.25, 0.3) is 0 Å². The van der Waals surface area contributed by atoms with E-state index in [1.165, 1.54) is 27.7 Å². The van der Waals surface area contributed by atoms with Crippen molar-refractivity contribution in [1.82, 2.24) is 63.0 Å². The molecule has 536 valence electrons. The smallest absolute Gasteiger partial charge is 0.242 e. The maximum Gasteiger partial charge on any atom is 0.242 e. The molecule has 0 heterocycles. The fourth-order valence-corrected chi connectivity index (χ4v) is 8.82. The van der Waals surface area contributed by atoms with Crippen molar-refractivity contribution in [3.05, 3.63) is 0 Å². The van der Waals surface area contributed by atoms with Gasteiger partial charge in [-0.15, -0.1) is 0 Å². The van der Waals surface area contributed by atoms with Crippen molar-refractivity contribution < 1.29 is 76.7 Å². The minimum atomic E-state index is -0.829. The molecular formula is C62H112N16O16. The molecule has 16 amide bonds. The van der Waals surface area contributed by atoms with Gasteiger partial charge in [-0.25, -0.2) is 0 Å². The molecule has 0 aromatic carbocycles. The highest BCUT2D eigenvalue weighted by Crippen LogP contribution is 2.11. The Morgan fingerprint density at radius 1 is 0.287 bits per heavy atom. The molecule has 0 aliphatic rings. The van der Waals surface area contributed by atoms with Crippen molar-refractivity contribution in [1.29, 1.82) is 0 Å². The first kappa shape index (κ1) is 87.6. The predicted octanol–water partition coefficient (Wildman–Crippen LogP) is -2.10. The van der Waals surface area contributed by atoms with Crippen molar-refractivity contribution in [2.45, 2.75) is 196 Å². The summed E-state index contributed by atoms with van der Waals surface area (Å²) in [6.07, 6.45) is 10.0. The molecule has 0 unspecified atom stereocenters. The Labute approximate surface area is 553 Å². The molecule has 6 atom stereocenters. The van der Waals surface area contributed by atoms with Gasteiger partial charge >= 0.3 is 0 Å². The van der Waals surface area contributed by atoms with Gasteiger partial charge in [0.15, 0.2) is 0 Å². The molecule has 0 rings (SSSR count). The Bertz CT molecular complexity index is 2180. The first-order chi connectivity index (χ1) is 44.3. The Morgan fingerprint density at radius 2 is 0.511 bits per heavy atom. The zero-order valence-corrected chi connectivity index (χ0v) is 56.8. The second kappa shape index (κ2) is 53.0. The van der Waals surface area contributed by atoms with Crippen LogP contribution in [0.15, 0.2) is 0 Å².